The van der Waals surface area contributed by atoms with Gasteiger partial charge in [0.15, 0.2) is 6.29 Å². The SMILES string of the molecule is CCCCCC/C=C\C/C=C\CCCCCCCC(=O)OCCCCCCCCCCCCCCCCCCCC/C=C\CCCCCCCCCCCCCCCCCCCC(=O)NC(COC1OC(CO)C(O)C(O)C1O)C(O)/C=C/CCCCCCCCCCCCCC. The van der Waals surface area contributed by atoms with Gasteiger partial charge in [-0.15, -0.1) is 0 Å². The Morgan fingerprint density at radius 2 is 0.691 bits per heavy atom. The number of hydrogen-bond acceptors (Lipinski definition) is 10. The van der Waals surface area contributed by atoms with Crippen LogP contribution >= 0.6 is 0 Å². The lowest BCUT2D eigenvalue weighted by Gasteiger charge is -2.40. The van der Waals surface area contributed by atoms with Crippen LogP contribution in [0.4, 0.5) is 0 Å². The normalized spacial score (nSPS) is 17.5. The minimum absolute atomic E-state index is 0.00375. The maximum absolute atomic E-state index is 13.1. The zero-order valence-corrected chi connectivity index (χ0v) is 63.8. The van der Waals surface area contributed by atoms with Gasteiger partial charge in [-0.1, -0.05) is 371 Å². The molecule has 0 aromatic rings. The molecule has 1 aliphatic heterocycles. The Morgan fingerprint density at radius 3 is 1.06 bits per heavy atom. The summed E-state index contributed by atoms with van der Waals surface area (Å²) in [6, 6.07) is -0.807. The van der Waals surface area contributed by atoms with E-state index in [9.17, 15) is 35.1 Å². The van der Waals surface area contributed by atoms with Crippen molar-refractivity contribution in [2.45, 2.75) is 468 Å². The first-order valence-electron chi connectivity index (χ1n) is 42.4. The largest absolute Gasteiger partial charge is 0.466 e. The summed E-state index contributed by atoms with van der Waals surface area (Å²) < 4.78 is 16.8. The molecule has 1 fully saturated rings. The van der Waals surface area contributed by atoms with Crippen molar-refractivity contribution >= 4 is 11.9 Å². The molecule has 1 saturated heterocycles. The highest BCUT2D eigenvalue weighted by molar-refractivity contribution is 5.76. The topological polar surface area (TPSA) is 175 Å². The standard InChI is InChI=1S/C86H161NO10/c1-3-5-7-9-11-13-15-17-19-46-50-54-58-62-66-70-74-82(91)95-75-71-67-63-59-55-51-47-44-42-40-38-36-34-32-30-28-26-24-22-20-21-23-25-27-29-31-33-35-37-39-41-43-45-49-53-57-61-65-69-73-81(90)87-78(77-96-86-85(94)84(93)83(92)80(76-88)97-86)79(89)72-68-64-60-56-52-48-18-16-14-12-10-8-6-4-2/h13,15,19-21,46,68,72,78-80,83-86,88-89,92-94H,3-12,14,16-18,22-45,47-67,69-71,73-77H2,1-2H3,(H,87,90)/b15-13-,21-20-,46-19-,72-68+. The number of aliphatic hydroxyl groups is 5. The Kier molecular flexibility index (Phi) is 71.4. The number of carbonyl (C=O) groups is 2. The third kappa shape index (κ3) is 63.1. The lowest BCUT2D eigenvalue weighted by molar-refractivity contribution is -0.302. The number of aliphatic hydroxyl groups excluding tert-OH is 5. The maximum Gasteiger partial charge on any atom is 0.305 e. The minimum atomic E-state index is -1.57. The van der Waals surface area contributed by atoms with Gasteiger partial charge in [0.1, 0.15) is 24.4 Å². The Hall–Kier alpha value is -2.38. The molecular formula is C86H161NO10. The van der Waals surface area contributed by atoms with Crippen molar-refractivity contribution in [3.8, 4) is 0 Å². The zero-order valence-electron chi connectivity index (χ0n) is 63.8. The van der Waals surface area contributed by atoms with Gasteiger partial charge in [0, 0.05) is 12.8 Å². The van der Waals surface area contributed by atoms with Crippen molar-refractivity contribution in [3.05, 3.63) is 48.6 Å². The average molecular weight is 1370 g/mol. The molecule has 6 N–H and O–H groups in total. The number of ether oxygens (including phenoxy) is 3. The van der Waals surface area contributed by atoms with Gasteiger partial charge >= 0.3 is 5.97 Å². The Labute approximate surface area is 599 Å². The molecule has 570 valence electrons. The quantitative estimate of drug-likeness (QED) is 0.0195. The summed E-state index contributed by atoms with van der Waals surface area (Å²) in [5, 5.41) is 54.6. The first-order valence-corrected chi connectivity index (χ1v) is 42.4. The fourth-order valence-corrected chi connectivity index (χ4v) is 13.5. The number of nitrogens with one attached hydrogen (secondary N) is 1. The first-order chi connectivity index (χ1) is 47.7. The lowest BCUT2D eigenvalue weighted by Crippen LogP contribution is -2.60. The molecule has 97 heavy (non-hydrogen) atoms. The van der Waals surface area contributed by atoms with Crippen molar-refractivity contribution < 1.29 is 49.3 Å². The van der Waals surface area contributed by atoms with E-state index in [2.05, 4.69) is 55.6 Å². The van der Waals surface area contributed by atoms with E-state index in [1.165, 1.54) is 334 Å². The second-order valence-electron chi connectivity index (χ2n) is 29.5. The van der Waals surface area contributed by atoms with E-state index in [1.54, 1.807) is 6.08 Å². The number of allylic oxidation sites excluding steroid dienone is 7. The minimum Gasteiger partial charge on any atom is -0.466 e. The second-order valence-corrected chi connectivity index (χ2v) is 29.5. The molecule has 11 nitrogen and oxygen atoms in total. The van der Waals surface area contributed by atoms with Crippen LogP contribution < -0.4 is 5.32 Å². The highest BCUT2D eigenvalue weighted by atomic mass is 16.7. The molecule has 1 aliphatic rings. The summed E-state index contributed by atoms with van der Waals surface area (Å²) in [6.07, 6.45) is 90.1. The number of unbranched alkanes of at least 4 members (excludes halogenated alkanes) is 56. The molecule has 11 heteroatoms. The molecule has 1 heterocycles. The van der Waals surface area contributed by atoms with Gasteiger partial charge in [-0.25, -0.2) is 0 Å². The molecule has 0 radical (unpaired) electrons. The molecule has 1 amide bonds. The fourth-order valence-electron chi connectivity index (χ4n) is 13.5. The van der Waals surface area contributed by atoms with Crippen LogP contribution in [0.2, 0.25) is 0 Å². The average Bonchev–Trinajstić information content (AvgIpc) is 0.869. The Bertz CT molecular complexity index is 1750. The van der Waals surface area contributed by atoms with E-state index in [4.69, 9.17) is 14.2 Å². The highest BCUT2D eigenvalue weighted by Gasteiger charge is 2.44. The Balaban J connectivity index is 1.88. The highest BCUT2D eigenvalue weighted by Crippen LogP contribution is 2.24. The van der Waals surface area contributed by atoms with Crippen molar-refractivity contribution in [2.75, 3.05) is 19.8 Å². The number of carbonyl (C=O) groups excluding carboxylic acids is 2. The summed E-state index contributed by atoms with van der Waals surface area (Å²) >= 11 is 0. The molecule has 0 bridgehead atoms. The fraction of sp³-hybridized carbons (Fsp3) is 0.884. The summed E-state index contributed by atoms with van der Waals surface area (Å²) in [4.78, 5) is 25.2. The van der Waals surface area contributed by atoms with Gasteiger partial charge in [0.05, 0.1) is 32.0 Å². The smallest absolute Gasteiger partial charge is 0.305 e. The van der Waals surface area contributed by atoms with Crippen LogP contribution in [0.5, 0.6) is 0 Å². The zero-order chi connectivity index (χ0) is 70.1. The Morgan fingerprint density at radius 1 is 0.381 bits per heavy atom. The third-order valence-electron chi connectivity index (χ3n) is 20.2. The molecule has 0 aliphatic carbocycles. The van der Waals surface area contributed by atoms with Crippen LogP contribution in [-0.2, 0) is 23.8 Å². The molecule has 0 aromatic heterocycles. The van der Waals surface area contributed by atoms with Crippen molar-refractivity contribution in [2.24, 2.45) is 0 Å². The van der Waals surface area contributed by atoms with E-state index < -0.39 is 49.5 Å². The van der Waals surface area contributed by atoms with Crippen LogP contribution in [0.1, 0.15) is 425 Å². The van der Waals surface area contributed by atoms with Gasteiger partial charge in [-0.2, -0.15) is 0 Å². The summed E-state index contributed by atoms with van der Waals surface area (Å²) in [5.41, 5.74) is 0. The molecule has 0 saturated carbocycles. The number of esters is 1. The van der Waals surface area contributed by atoms with Crippen LogP contribution in [-0.4, -0.2) is 100 Å². The first kappa shape index (κ1) is 92.6. The molecule has 7 atom stereocenters. The molecule has 0 aromatic carbocycles. The van der Waals surface area contributed by atoms with Crippen molar-refractivity contribution in [1.82, 2.24) is 5.32 Å². The van der Waals surface area contributed by atoms with Crippen LogP contribution in [0.15, 0.2) is 48.6 Å². The number of hydrogen-bond donors (Lipinski definition) is 6. The van der Waals surface area contributed by atoms with Gasteiger partial charge in [-0.3, -0.25) is 9.59 Å². The van der Waals surface area contributed by atoms with Gasteiger partial charge in [-0.05, 0) is 89.9 Å². The van der Waals surface area contributed by atoms with Crippen LogP contribution in [0, 0.1) is 0 Å². The van der Waals surface area contributed by atoms with E-state index in [1.807, 2.05) is 6.08 Å². The molecule has 0 spiro atoms. The summed E-state index contributed by atoms with van der Waals surface area (Å²) in [7, 11) is 0. The number of amides is 1. The van der Waals surface area contributed by atoms with E-state index in [-0.39, 0.29) is 18.5 Å². The van der Waals surface area contributed by atoms with Crippen molar-refractivity contribution in [3.63, 3.8) is 0 Å². The van der Waals surface area contributed by atoms with Crippen LogP contribution in [0.3, 0.4) is 0 Å². The molecule has 7 unspecified atom stereocenters. The predicted molar refractivity (Wildman–Crippen MR) is 412 cm³/mol. The monoisotopic (exact) mass is 1370 g/mol. The van der Waals surface area contributed by atoms with Gasteiger partial charge in [0.25, 0.3) is 0 Å². The van der Waals surface area contributed by atoms with Gasteiger partial charge < -0.3 is 45.1 Å². The number of rotatable bonds is 76. The predicted octanol–water partition coefficient (Wildman–Crippen LogP) is 23.4. The maximum atomic E-state index is 13.1. The van der Waals surface area contributed by atoms with E-state index in [0.717, 1.165) is 64.2 Å². The second kappa shape index (κ2) is 74.8. The summed E-state index contributed by atoms with van der Waals surface area (Å²) in [6.45, 7) is 4.38. The van der Waals surface area contributed by atoms with Crippen molar-refractivity contribution in [1.29, 1.82) is 0 Å². The van der Waals surface area contributed by atoms with E-state index >= 15 is 0 Å². The summed E-state index contributed by atoms with van der Waals surface area (Å²) in [5.74, 6) is -0.171. The lowest BCUT2D eigenvalue weighted by atomic mass is 9.99. The molecular weight excluding hydrogens is 1210 g/mol. The van der Waals surface area contributed by atoms with E-state index in [0.29, 0.717) is 19.4 Å². The third-order valence-corrected chi connectivity index (χ3v) is 20.2. The van der Waals surface area contributed by atoms with Crippen LogP contribution in [0.25, 0.3) is 0 Å². The van der Waals surface area contributed by atoms with Gasteiger partial charge in [0.2, 0.25) is 5.91 Å². The molecule has 1 rings (SSSR count).